The Morgan fingerprint density at radius 3 is 1.50 bits per heavy atom. The van der Waals surface area contributed by atoms with Crippen LogP contribution in [0.3, 0.4) is 0 Å². The second-order valence-electron chi connectivity index (χ2n) is 10.3. The summed E-state index contributed by atoms with van der Waals surface area (Å²) in [6, 6.07) is 39.1. The Morgan fingerprint density at radius 2 is 1.11 bits per heavy atom. The molecule has 0 unspecified atom stereocenters. The zero-order chi connectivity index (χ0) is 38.4. The van der Waals surface area contributed by atoms with Crippen LogP contribution in [0.4, 0.5) is 0 Å². The van der Waals surface area contributed by atoms with E-state index in [0.717, 1.165) is 22.5 Å². The molecular formula is C40H44BrN2NaO10. The maximum atomic E-state index is 10.3. The quantitative estimate of drug-likeness (QED) is 0.0715. The first-order valence-electron chi connectivity index (χ1n) is 16.4. The van der Waals surface area contributed by atoms with E-state index in [0.29, 0.717) is 67.7 Å². The molecular weight excluding hydrogens is 771 g/mol. The van der Waals surface area contributed by atoms with Crippen molar-refractivity contribution in [1.82, 2.24) is 5.32 Å². The van der Waals surface area contributed by atoms with E-state index in [1.807, 2.05) is 97.1 Å². The molecule has 54 heavy (non-hydrogen) atoms. The van der Waals surface area contributed by atoms with Crippen molar-refractivity contribution in [2.45, 2.75) is 26.4 Å². The van der Waals surface area contributed by atoms with Crippen LogP contribution in [0.25, 0.3) is 0 Å². The summed E-state index contributed by atoms with van der Waals surface area (Å²) in [5.41, 5.74) is 7.79. The van der Waals surface area contributed by atoms with E-state index in [1.165, 1.54) is 0 Å². The van der Waals surface area contributed by atoms with E-state index in [4.69, 9.17) is 38.7 Å². The summed E-state index contributed by atoms with van der Waals surface area (Å²) in [5, 5.41) is 29.6. The Morgan fingerprint density at radius 1 is 0.648 bits per heavy atom. The van der Waals surface area contributed by atoms with Gasteiger partial charge in [-0.1, -0.05) is 96.6 Å². The molecule has 5 N–H and O–H groups in total. The minimum atomic E-state index is -0.110. The molecule has 0 radical (unpaired) electrons. The van der Waals surface area contributed by atoms with Gasteiger partial charge in [-0.2, -0.15) is 0 Å². The summed E-state index contributed by atoms with van der Waals surface area (Å²) >= 11 is 3.05. The first kappa shape index (κ1) is 47.7. The van der Waals surface area contributed by atoms with Crippen molar-refractivity contribution in [2.75, 3.05) is 26.3 Å². The molecule has 3 aromatic heterocycles. The summed E-state index contributed by atoms with van der Waals surface area (Å²) in [6.45, 7) is 2.57. The summed E-state index contributed by atoms with van der Waals surface area (Å²) < 4.78 is 26.8. The van der Waals surface area contributed by atoms with E-state index in [2.05, 4.69) is 21.2 Å². The normalized spacial score (nSPS) is 9.50. The molecule has 0 saturated heterocycles. The van der Waals surface area contributed by atoms with Crippen molar-refractivity contribution < 1.29 is 77.2 Å². The van der Waals surface area contributed by atoms with Gasteiger partial charge in [0.1, 0.15) is 19.0 Å². The molecule has 282 valence electrons. The van der Waals surface area contributed by atoms with Crippen LogP contribution in [0, 0.1) is 0 Å². The van der Waals surface area contributed by atoms with E-state index < -0.39 is 0 Å². The number of furan rings is 3. The summed E-state index contributed by atoms with van der Waals surface area (Å²) in [5.74, 6) is 2.29. The maximum absolute atomic E-state index is 10.3. The van der Waals surface area contributed by atoms with E-state index in [-0.39, 0.29) is 55.1 Å². The van der Waals surface area contributed by atoms with E-state index in [1.54, 1.807) is 30.3 Å². The second-order valence-corrected chi connectivity index (χ2v) is 11.1. The van der Waals surface area contributed by atoms with Gasteiger partial charge in [-0.25, -0.2) is 0 Å². The molecule has 6 rings (SSSR count). The fourth-order valence-electron chi connectivity index (χ4n) is 3.72. The van der Waals surface area contributed by atoms with Crippen molar-refractivity contribution in [1.29, 1.82) is 0 Å². The number of hydrogen-bond acceptors (Lipinski definition) is 12. The molecule has 3 heterocycles. The van der Waals surface area contributed by atoms with Crippen LogP contribution in [-0.2, 0) is 26.4 Å². The number of benzene rings is 3. The first-order chi connectivity index (χ1) is 25.9. The average Bonchev–Trinajstić information content (AvgIpc) is 4.00. The third-order valence-electron chi connectivity index (χ3n) is 6.24. The van der Waals surface area contributed by atoms with Crippen molar-refractivity contribution in [3.8, 4) is 11.9 Å². The molecule has 14 heteroatoms. The van der Waals surface area contributed by atoms with Crippen molar-refractivity contribution in [2.24, 2.45) is 5.73 Å². The van der Waals surface area contributed by atoms with Gasteiger partial charge >= 0.3 is 29.6 Å². The molecule has 0 bridgehead atoms. The van der Waals surface area contributed by atoms with Gasteiger partial charge in [-0.05, 0) is 51.3 Å². The number of ether oxygens (including phenoxy) is 2. The van der Waals surface area contributed by atoms with Gasteiger partial charge in [0, 0.05) is 25.2 Å². The number of rotatable bonds is 14. The van der Waals surface area contributed by atoms with Crippen LogP contribution in [0.1, 0.15) is 43.6 Å². The van der Waals surface area contributed by atoms with Crippen LogP contribution in [0.15, 0.2) is 145 Å². The second kappa shape index (κ2) is 31.1. The zero-order valence-corrected chi connectivity index (χ0v) is 33.6. The first-order valence-corrected chi connectivity index (χ1v) is 17.2. The van der Waals surface area contributed by atoms with Gasteiger partial charge in [0.15, 0.2) is 28.8 Å². The Bertz CT molecular complexity index is 1770. The number of hydrogen-bond donors (Lipinski definition) is 4. The van der Waals surface area contributed by atoms with Gasteiger partial charge in [-0.3, -0.25) is 9.59 Å². The summed E-state index contributed by atoms with van der Waals surface area (Å²) in [4.78, 5) is 20.2. The molecule has 12 nitrogen and oxygen atoms in total. The fraction of sp³-hybridized carbons (Fsp3) is 0.200. The SMILES string of the molecule is NCCO.O=Cc1ccc(Br)o1.O=Cc1ccc(OCc2ccccc2)o1.OCCNCc1ccc(OCc2ccccc2)o1.[Na+].[O-]Cc1ccccc1. The number of carbonyl (C=O) groups is 2. The van der Waals surface area contributed by atoms with Crippen LogP contribution in [-0.4, -0.2) is 49.1 Å². The number of aldehydes is 2. The molecule has 3 aromatic carbocycles. The smallest absolute Gasteiger partial charge is 0.851 e. The minimum Gasteiger partial charge on any atom is -0.851 e. The molecule has 0 saturated carbocycles. The number of nitrogens with two attached hydrogens (primary N) is 1. The third kappa shape index (κ3) is 22.1. The number of nitrogens with one attached hydrogen (secondary N) is 1. The van der Waals surface area contributed by atoms with Gasteiger partial charge in [0.05, 0.1) is 19.8 Å². The van der Waals surface area contributed by atoms with Crippen molar-refractivity contribution >= 4 is 28.5 Å². The summed E-state index contributed by atoms with van der Waals surface area (Å²) in [6.07, 6.45) is 1.31. The fourth-order valence-corrected chi connectivity index (χ4v) is 4.04. The molecule has 0 aliphatic rings. The largest absolute Gasteiger partial charge is 1.00 e. The Balaban J connectivity index is 0.000000363. The average molecular weight is 816 g/mol. The minimum absolute atomic E-state index is 0. The Kier molecular flexibility index (Phi) is 27.5. The molecule has 0 atom stereocenters. The molecule has 0 aliphatic carbocycles. The zero-order valence-electron chi connectivity index (χ0n) is 30.1. The molecule has 0 aliphatic heterocycles. The van der Waals surface area contributed by atoms with Crippen LogP contribution in [0.2, 0.25) is 0 Å². The number of aliphatic hydroxyl groups excluding tert-OH is 2. The molecule has 0 amide bonds. The topological polar surface area (TPSA) is 194 Å². The summed E-state index contributed by atoms with van der Waals surface area (Å²) in [7, 11) is 0. The molecule has 0 spiro atoms. The van der Waals surface area contributed by atoms with Crippen molar-refractivity contribution in [3.05, 3.63) is 166 Å². The predicted molar refractivity (Wildman–Crippen MR) is 201 cm³/mol. The van der Waals surface area contributed by atoms with Crippen LogP contribution < -0.4 is 55.2 Å². The number of halogens is 1. The molecule has 6 aromatic rings. The van der Waals surface area contributed by atoms with Gasteiger partial charge < -0.3 is 49.1 Å². The third-order valence-corrected chi connectivity index (χ3v) is 6.67. The van der Waals surface area contributed by atoms with Crippen LogP contribution in [0.5, 0.6) is 11.9 Å². The maximum Gasteiger partial charge on any atom is 1.00 e. The Labute approximate surface area is 345 Å². The molecule has 0 fully saturated rings. The standard InChI is InChI=1S/C14H17NO3.C12H10O3.C7H7O.C5H3BrO2.C2H7NO.Na/c16-9-8-15-10-13-6-7-14(18-13)17-11-12-4-2-1-3-5-12;13-8-11-6-7-12(15-11)14-9-10-4-2-1-3-5-10;8-6-7-4-2-1-3-5-7;6-5-2-1-4(3-7)8-5;3-1-2-4;/h1-7,15-16H,8-11H2;1-8H,9H2;1-5H,6H2;1-3H;4H,1-3H2;/q;;-1;;;+1. The Hall–Kier alpha value is -4.28. The monoisotopic (exact) mass is 814 g/mol. The number of aliphatic hydroxyl groups is 2. The van der Waals surface area contributed by atoms with E-state index >= 15 is 0 Å². The van der Waals surface area contributed by atoms with Gasteiger partial charge in [0.25, 0.3) is 11.9 Å². The number of carbonyl (C=O) groups excluding carboxylic acids is 2. The van der Waals surface area contributed by atoms with Gasteiger partial charge in [-0.15, -0.1) is 6.61 Å². The van der Waals surface area contributed by atoms with E-state index in [9.17, 15) is 14.7 Å². The van der Waals surface area contributed by atoms with Crippen LogP contribution >= 0.6 is 15.9 Å². The van der Waals surface area contributed by atoms with Crippen molar-refractivity contribution in [3.63, 3.8) is 0 Å². The predicted octanol–water partition coefficient (Wildman–Crippen LogP) is 2.95. The van der Waals surface area contributed by atoms with Gasteiger partial charge in [0.2, 0.25) is 0 Å².